The molecule has 0 amide bonds. The molecule has 1 fully saturated rings. The Morgan fingerprint density at radius 2 is 2.08 bits per heavy atom. The van der Waals surface area contributed by atoms with Crippen molar-refractivity contribution >= 4 is 5.69 Å². The zero-order valence-corrected chi connectivity index (χ0v) is 7.40. The van der Waals surface area contributed by atoms with Crippen molar-refractivity contribution < 1.29 is 9.47 Å². The molecule has 1 saturated heterocycles. The van der Waals surface area contributed by atoms with Crippen molar-refractivity contribution in [3.63, 3.8) is 0 Å². The second-order valence-electron chi connectivity index (χ2n) is 3.17. The standard InChI is InChI=1S/C10H13NO2/c11-8-1-3-9(4-2-8)13-10-5-6-12-7-10/h1-4,10H,5-7,11H2. The summed E-state index contributed by atoms with van der Waals surface area (Å²) in [5, 5.41) is 0. The SMILES string of the molecule is Nc1ccc(OC2CCOC2)cc1. The van der Waals surface area contributed by atoms with Crippen molar-refractivity contribution in [1.82, 2.24) is 0 Å². The number of nitrogens with two attached hydrogens (primary N) is 1. The predicted octanol–water partition coefficient (Wildman–Crippen LogP) is 1.44. The largest absolute Gasteiger partial charge is 0.488 e. The van der Waals surface area contributed by atoms with Gasteiger partial charge in [-0.05, 0) is 24.3 Å². The highest BCUT2D eigenvalue weighted by molar-refractivity contribution is 5.41. The normalized spacial score (nSPS) is 21.7. The molecule has 1 atom stereocenters. The third kappa shape index (κ3) is 2.12. The molecule has 2 rings (SSSR count). The summed E-state index contributed by atoms with van der Waals surface area (Å²) in [6.45, 7) is 1.50. The molecule has 13 heavy (non-hydrogen) atoms. The zero-order chi connectivity index (χ0) is 9.10. The maximum atomic E-state index is 5.65. The third-order valence-corrected chi connectivity index (χ3v) is 2.07. The predicted molar refractivity (Wildman–Crippen MR) is 50.7 cm³/mol. The fourth-order valence-electron chi connectivity index (χ4n) is 1.34. The summed E-state index contributed by atoms with van der Waals surface area (Å²) >= 11 is 0. The number of anilines is 1. The van der Waals surface area contributed by atoms with Gasteiger partial charge in [-0.3, -0.25) is 0 Å². The summed E-state index contributed by atoms with van der Waals surface area (Å²) < 4.78 is 10.9. The Balaban J connectivity index is 1.97. The molecule has 1 heterocycles. The van der Waals surface area contributed by atoms with Crippen LogP contribution >= 0.6 is 0 Å². The van der Waals surface area contributed by atoms with E-state index in [4.69, 9.17) is 15.2 Å². The molecule has 3 nitrogen and oxygen atoms in total. The highest BCUT2D eigenvalue weighted by Gasteiger charge is 2.16. The molecule has 1 aliphatic rings. The zero-order valence-electron chi connectivity index (χ0n) is 7.40. The lowest BCUT2D eigenvalue weighted by Crippen LogP contribution is -2.15. The van der Waals surface area contributed by atoms with Crippen LogP contribution in [0.4, 0.5) is 5.69 Å². The summed E-state index contributed by atoms with van der Waals surface area (Å²) in [7, 11) is 0. The van der Waals surface area contributed by atoms with Crippen LogP contribution in [0.3, 0.4) is 0 Å². The molecular formula is C10H13NO2. The molecule has 1 unspecified atom stereocenters. The van der Waals surface area contributed by atoms with Gasteiger partial charge in [-0.1, -0.05) is 0 Å². The molecule has 3 heteroatoms. The van der Waals surface area contributed by atoms with E-state index < -0.39 is 0 Å². The van der Waals surface area contributed by atoms with Gasteiger partial charge in [0.25, 0.3) is 0 Å². The van der Waals surface area contributed by atoms with Crippen LogP contribution < -0.4 is 10.5 Å². The molecular weight excluding hydrogens is 166 g/mol. The molecule has 0 aliphatic carbocycles. The summed E-state index contributed by atoms with van der Waals surface area (Å²) in [4.78, 5) is 0. The highest BCUT2D eigenvalue weighted by atomic mass is 16.5. The lowest BCUT2D eigenvalue weighted by atomic mass is 10.3. The molecule has 0 bridgehead atoms. The van der Waals surface area contributed by atoms with Gasteiger partial charge in [-0.2, -0.15) is 0 Å². The van der Waals surface area contributed by atoms with E-state index >= 15 is 0 Å². The molecule has 1 aliphatic heterocycles. The van der Waals surface area contributed by atoms with Gasteiger partial charge in [-0.25, -0.2) is 0 Å². The quantitative estimate of drug-likeness (QED) is 0.698. The molecule has 0 spiro atoms. The van der Waals surface area contributed by atoms with Gasteiger partial charge in [0, 0.05) is 12.1 Å². The average Bonchev–Trinajstić information content (AvgIpc) is 2.62. The Kier molecular flexibility index (Phi) is 2.36. The first-order chi connectivity index (χ1) is 6.34. The third-order valence-electron chi connectivity index (χ3n) is 2.07. The van der Waals surface area contributed by atoms with E-state index in [1.807, 2.05) is 24.3 Å². The van der Waals surface area contributed by atoms with E-state index in [0.29, 0.717) is 6.61 Å². The Morgan fingerprint density at radius 1 is 1.31 bits per heavy atom. The van der Waals surface area contributed by atoms with Crippen molar-refractivity contribution in [1.29, 1.82) is 0 Å². The van der Waals surface area contributed by atoms with E-state index in [-0.39, 0.29) is 6.10 Å². The van der Waals surface area contributed by atoms with Gasteiger partial charge in [0.15, 0.2) is 0 Å². The van der Waals surface area contributed by atoms with Crippen molar-refractivity contribution in [3.05, 3.63) is 24.3 Å². The summed E-state index contributed by atoms with van der Waals surface area (Å²) in [5.74, 6) is 0.865. The van der Waals surface area contributed by atoms with Crippen LogP contribution in [0.15, 0.2) is 24.3 Å². The summed E-state index contributed by atoms with van der Waals surface area (Å²) in [6, 6.07) is 7.44. The van der Waals surface area contributed by atoms with Crippen molar-refractivity contribution in [2.75, 3.05) is 18.9 Å². The molecule has 70 valence electrons. The first-order valence-corrected chi connectivity index (χ1v) is 4.44. The Labute approximate surface area is 77.5 Å². The first kappa shape index (κ1) is 8.38. The van der Waals surface area contributed by atoms with E-state index in [2.05, 4.69) is 0 Å². The maximum Gasteiger partial charge on any atom is 0.124 e. The fourth-order valence-corrected chi connectivity index (χ4v) is 1.34. The van der Waals surface area contributed by atoms with E-state index in [0.717, 1.165) is 24.5 Å². The first-order valence-electron chi connectivity index (χ1n) is 4.44. The van der Waals surface area contributed by atoms with Crippen LogP contribution in [0.2, 0.25) is 0 Å². The average molecular weight is 179 g/mol. The van der Waals surface area contributed by atoms with Crippen LogP contribution in [-0.2, 0) is 4.74 Å². The van der Waals surface area contributed by atoms with Crippen LogP contribution in [0.5, 0.6) is 5.75 Å². The van der Waals surface area contributed by atoms with Crippen LogP contribution in [0, 0.1) is 0 Å². The Bertz CT molecular complexity index is 265. The van der Waals surface area contributed by atoms with Gasteiger partial charge < -0.3 is 15.2 Å². The summed E-state index contributed by atoms with van der Waals surface area (Å²) in [5.41, 5.74) is 6.31. The second kappa shape index (κ2) is 3.66. The molecule has 0 aromatic heterocycles. The molecule has 0 saturated carbocycles. The number of ether oxygens (including phenoxy) is 2. The minimum Gasteiger partial charge on any atom is -0.488 e. The van der Waals surface area contributed by atoms with Gasteiger partial charge in [0.05, 0.1) is 13.2 Å². The number of hydrogen-bond donors (Lipinski definition) is 1. The lowest BCUT2D eigenvalue weighted by molar-refractivity contribution is 0.141. The number of hydrogen-bond acceptors (Lipinski definition) is 3. The summed E-state index contributed by atoms with van der Waals surface area (Å²) in [6.07, 6.45) is 1.19. The minimum absolute atomic E-state index is 0.212. The van der Waals surface area contributed by atoms with E-state index in [9.17, 15) is 0 Å². The highest BCUT2D eigenvalue weighted by Crippen LogP contribution is 2.17. The number of nitrogen functional groups attached to an aromatic ring is 1. The van der Waals surface area contributed by atoms with Gasteiger partial charge in [0.1, 0.15) is 11.9 Å². The van der Waals surface area contributed by atoms with Gasteiger partial charge in [-0.15, -0.1) is 0 Å². The number of benzene rings is 1. The lowest BCUT2D eigenvalue weighted by Gasteiger charge is -2.11. The van der Waals surface area contributed by atoms with E-state index in [1.165, 1.54) is 0 Å². The monoisotopic (exact) mass is 179 g/mol. The molecule has 2 N–H and O–H groups in total. The molecule has 0 radical (unpaired) electrons. The van der Waals surface area contributed by atoms with Crippen molar-refractivity contribution in [3.8, 4) is 5.75 Å². The Hall–Kier alpha value is -1.22. The Morgan fingerprint density at radius 3 is 2.69 bits per heavy atom. The van der Waals surface area contributed by atoms with Crippen molar-refractivity contribution in [2.45, 2.75) is 12.5 Å². The molecule has 1 aromatic rings. The van der Waals surface area contributed by atoms with Gasteiger partial charge in [0.2, 0.25) is 0 Å². The van der Waals surface area contributed by atoms with Crippen LogP contribution in [0.1, 0.15) is 6.42 Å². The topological polar surface area (TPSA) is 44.5 Å². The van der Waals surface area contributed by atoms with Gasteiger partial charge >= 0.3 is 0 Å². The van der Waals surface area contributed by atoms with Crippen LogP contribution in [0.25, 0.3) is 0 Å². The second-order valence-corrected chi connectivity index (χ2v) is 3.17. The fraction of sp³-hybridized carbons (Fsp3) is 0.400. The minimum atomic E-state index is 0.212. The van der Waals surface area contributed by atoms with E-state index in [1.54, 1.807) is 0 Å². The van der Waals surface area contributed by atoms with Crippen LogP contribution in [-0.4, -0.2) is 19.3 Å². The smallest absolute Gasteiger partial charge is 0.124 e. The van der Waals surface area contributed by atoms with Crippen molar-refractivity contribution in [2.24, 2.45) is 0 Å². The number of rotatable bonds is 2. The maximum absolute atomic E-state index is 5.65. The molecule has 1 aromatic carbocycles.